The summed E-state index contributed by atoms with van der Waals surface area (Å²) in [5.41, 5.74) is -0.878. The van der Waals surface area contributed by atoms with Crippen LogP contribution in [0, 0.1) is 64.1 Å². The van der Waals surface area contributed by atoms with Crippen molar-refractivity contribution in [2.45, 2.75) is 112 Å². The van der Waals surface area contributed by atoms with E-state index in [0.29, 0.717) is 36.0 Å². The molecule has 0 spiro atoms. The van der Waals surface area contributed by atoms with Gasteiger partial charge in [0.1, 0.15) is 12.2 Å². The number of allylic oxidation sites excluding steroid dienone is 2. The predicted octanol–water partition coefficient (Wildman–Crippen LogP) is 5.55. The lowest BCUT2D eigenvalue weighted by Gasteiger charge is -2.63. The third-order valence-electron chi connectivity index (χ3n) is 12.2. The molecule has 262 valence electrons. The van der Waals surface area contributed by atoms with Crippen molar-refractivity contribution in [1.29, 1.82) is 0 Å². The number of rotatable bonds is 11. The van der Waals surface area contributed by atoms with Gasteiger partial charge < -0.3 is 0 Å². The summed E-state index contributed by atoms with van der Waals surface area (Å²) in [5.74, 6) is 1.71. The van der Waals surface area contributed by atoms with Gasteiger partial charge in [0.25, 0.3) is 0 Å². The molecule has 0 aromatic rings. The Balaban J connectivity index is 1.69. The maximum absolute atomic E-state index is 12.1. The zero-order valence-electron chi connectivity index (χ0n) is 27.3. The number of hydrogen-bond acceptors (Lipinski definition) is 9. The lowest BCUT2D eigenvalue weighted by molar-refractivity contribution is -0.183. The van der Waals surface area contributed by atoms with Crippen molar-refractivity contribution in [3.8, 4) is 0 Å². The number of hydrogen-bond donors (Lipinski definition) is 3. The molecule has 11 atom stereocenters. The molecule has 15 heteroatoms. The van der Waals surface area contributed by atoms with E-state index in [4.69, 9.17) is 12.5 Å². The summed E-state index contributed by atoms with van der Waals surface area (Å²) < 4.78 is 115. The third-order valence-corrected chi connectivity index (χ3v) is 13.7. The summed E-state index contributed by atoms with van der Waals surface area (Å²) in [5, 5.41) is 0. The van der Waals surface area contributed by atoms with Crippen LogP contribution in [0.5, 0.6) is 0 Å². The van der Waals surface area contributed by atoms with Gasteiger partial charge in [-0.05, 0) is 109 Å². The van der Waals surface area contributed by atoms with Gasteiger partial charge in [-0.25, -0.2) is 12.5 Å². The molecule has 0 aromatic carbocycles. The minimum Gasteiger partial charge on any atom is -0.264 e. The van der Waals surface area contributed by atoms with Crippen LogP contribution in [0.4, 0.5) is 0 Å². The lowest BCUT2D eigenvalue weighted by atomic mass is 9.43. The van der Waals surface area contributed by atoms with Gasteiger partial charge in [0.15, 0.2) is 0 Å². The van der Waals surface area contributed by atoms with Crippen LogP contribution in [-0.2, 0) is 43.7 Å². The Morgan fingerprint density at radius 1 is 0.644 bits per heavy atom. The highest BCUT2D eigenvalue weighted by Gasteiger charge is 2.65. The first kappa shape index (κ1) is 37.2. The van der Waals surface area contributed by atoms with Gasteiger partial charge >= 0.3 is 31.2 Å². The maximum Gasteiger partial charge on any atom is 0.397 e. The van der Waals surface area contributed by atoms with Gasteiger partial charge in [-0.15, -0.1) is 0 Å². The monoisotopic (exact) mass is 700 g/mol. The Morgan fingerprint density at radius 3 is 1.69 bits per heavy atom. The zero-order chi connectivity index (χ0) is 33.9. The molecule has 0 amide bonds. The van der Waals surface area contributed by atoms with Crippen molar-refractivity contribution in [1.82, 2.24) is 0 Å². The molecule has 4 saturated carbocycles. The second kappa shape index (κ2) is 13.0. The van der Waals surface area contributed by atoms with E-state index in [-0.39, 0.29) is 36.0 Å². The molecular formula is C30H52O12S3. The van der Waals surface area contributed by atoms with E-state index in [0.717, 1.165) is 25.7 Å². The largest absolute Gasteiger partial charge is 0.397 e. The Morgan fingerprint density at radius 2 is 1.16 bits per heavy atom. The highest BCUT2D eigenvalue weighted by atomic mass is 32.3. The van der Waals surface area contributed by atoms with Crippen molar-refractivity contribution in [3.05, 3.63) is 12.2 Å². The van der Waals surface area contributed by atoms with E-state index in [1.165, 1.54) is 0 Å². The van der Waals surface area contributed by atoms with Crippen LogP contribution >= 0.6 is 0 Å². The third kappa shape index (κ3) is 8.15. The van der Waals surface area contributed by atoms with Crippen molar-refractivity contribution in [2.24, 2.45) is 64.1 Å². The minimum absolute atomic E-state index is 0.0255. The van der Waals surface area contributed by atoms with E-state index in [9.17, 15) is 38.9 Å². The van der Waals surface area contributed by atoms with Crippen LogP contribution in [0.1, 0.15) is 93.4 Å². The van der Waals surface area contributed by atoms with Gasteiger partial charge in [0, 0.05) is 0 Å². The highest BCUT2D eigenvalue weighted by molar-refractivity contribution is 7.81. The summed E-state index contributed by atoms with van der Waals surface area (Å²) in [6.07, 6.45) is 4.19. The summed E-state index contributed by atoms with van der Waals surface area (Å²) in [4.78, 5) is 0. The summed E-state index contributed by atoms with van der Waals surface area (Å²) in [6.45, 7) is 15.4. The quantitative estimate of drug-likeness (QED) is 0.180. The molecule has 0 radical (unpaired) electrons. The normalized spacial score (nSPS) is 40.1. The van der Waals surface area contributed by atoms with Crippen LogP contribution in [-0.4, -0.2) is 57.2 Å². The van der Waals surface area contributed by atoms with Gasteiger partial charge in [0.2, 0.25) is 0 Å². The fourth-order valence-electron chi connectivity index (χ4n) is 10.6. The van der Waals surface area contributed by atoms with E-state index in [2.05, 4.69) is 53.7 Å². The van der Waals surface area contributed by atoms with Gasteiger partial charge in [-0.3, -0.25) is 13.7 Å². The predicted molar refractivity (Wildman–Crippen MR) is 167 cm³/mol. The van der Waals surface area contributed by atoms with Crippen LogP contribution in [0.15, 0.2) is 12.2 Å². The molecule has 0 bridgehead atoms. The molecule has 3 N–H and O–H groups in total. The van der Waals surface area contributed by atoms with E-state index < -0.39 is 60.8 Å². The van der Waals surface area contributed by atoms with E-state index in [1.54, 1.807) is 0 Å². The molecule has 4 fully saturated rings. The van der Waals surface area contributed by atoms with Crippen molar-refractivity contribution in [2.75, 3.05) is 0 Å². The minimum atomic E-state index is -5.07. The number of fused-ring (bicyclic) bond motifs is 5. The summed E-state index contributed by atoms with van der Waals surface area (Å²) in [6, 6.07) is 0. The molecule has 45 heavy (non-hydrogen) atoms. The first-order chi connectivity index (χ1) is 20.4. The molecule has 0 aromatic heterocycles. The van der Waals surface area contributed by atoms with Gasteiger partial charge in [0.05, 0.1) is 6.10 Å². The average molecular weight is 701 g/mol. The SMILES string of the molecule is CC(C)C(C=C[C@@H](C)[C@H]1CC[C@H]2[C@@H]3C[C@H](OS(=O)(=O)O)[C@H]4C[C@H](OS(=O)(=O)O)[C@@H](OS(=O)(=O)O)C[C@]4(C)[C@H]3CC[C@]12C)C(C)C. The Hall–Kier alpha value is -0.650. The van der Waals surface area contributed by atoms with Gasteiger partial charge in [-0.1, -0.05) is 60.6 Å². The Bertz CT molecular complexity index is 1420. The average Bonchev–Trinajstić information content (AvgIpc) is 3.19. The molecular weight excluding hydrogens is 649 g/mol. The van der Waals surface area contributed by atoms with Crippen LogP contribution in [0.25, 0.3) is 0 Å². The van der Waals surface area contributed by atoms with Gasteiger partial charge in [-0.2, -0.15) is 25.3 Å². The first-order valence-electron chi connectivity index (χ1n) is 16.1. The molecule has 4 aliphatic rings. The topological polar surface area (TPSA) is 191 Å². The summed E-state index contributed by atoms with van der Waals surface area (Å²) >= 11 is 0. The Kier molecular flexibility index (Phi) is 10.7. The van der Waals surface area contributed by atoms with Crippen LogP contribution in [0.2, 0.25) is 0 Å². The zero-order valence-corrected chi connectivity index (χ0v) is 29.7. The van der Waals surface area contributed by atoms with Crippen molar-refractivity contribution >= 4 is 31.2 Å². The molecule has 0 unspecified atom stereocenters. The standard InChI is InChI=1S/C30H52O12S3/c1-17(2)20(18(3)4)9-8-19(5)22-10-11-23-21-14-26(40-43(31,32)33)25-15-27(41-44(34,35)36)28(42-45(37,38)39)16-30(25,7)24(21)12-13-29(22,23)6/h8-9,17-28H,10-16H2,1-7H3,(H,31,32,33)(H,34,35,36)(H,37,38,39)/t19-,21+,22-,23+,24+,25-,26+,27+,28+,29-,30-/m1/s1. The Labute approximate surface area is 269 Å². The summed E-state index contributed by atoms with van der Waals surface area (Å²) in [7, 11) is -15.0. The van der Waals surface area contributed by atoms with Crippen LogP contribution in [0.3, 0.4) is 0 Å². The fourth-order valence-corrected chi connectivity index (χ4v) is 12.1. The van der Waals surface area contributed by atoms with Crippen molar-refractivity contribution in [3.63, 3.8) is 0 Å². The maximum atomic E-state index is 12.1. The molecule has 0 aliphatic heterocycles. The lowest BCUT2D eigenvalue weighted by Crippen LogP contribution is -2.62. The fraction of sp³-hybridized carbons (Fsp3) is 0.933. The van der Waals surface area contributed by atoms with E-state index in [1.807, 2.05) is 6.92 Å². The smallest absolute Gasteiger partial charge is 0.264 e. The second-order valence-corrected chi connectivity index (χ2v) is 18.5. The van der Waals surface area contributed by atoms with Crippen molar-refractivity contribution < 1.29 is 51.5 Å². The second-order valence-electron chi connectivity index (χ2n) is 15.4. The first-order valence-corrected chi connectivity index (χ1v) is 20.2. The molecule has 4 aliphatic carbocycles. The molecule has 12 nitrogen and oxygen atoms in total. The van der Waals surface area contributed by atoms with Crippen LogP contribution < -0.4 is 0 Å². The highest BCUT2D eigenvalue weighted by Crippen LogP contribution is 2.69. The molecule has 4 rings (SSSR count). The molecule has 0 saturated heterocycles. The molecule has 0 heterocycles. The van der Waals surface area contributed by atoms with E-state index >= 15 is 0 Å².